The molecule has 1 saturated carbocycles. The zero-order valence-corrected chi connectivity index (χ0v) is 7.60. The molecule has 2 rings (SSSR count). The highest BCUT2D eigenvalue weighted by Gasteiger charge is 2.50. The Hall–Kier alpha value is -1.65. The van der Waals surface area contributed by atoms with E-state index in [0.29, 0.717) is 12.5 Å². The molecular formula is C9H11N3O2. The molecule has 5 nitrogen and oxygen atoms in total. The van der Waals surface area contributed by atoms with Gasteiger partial charge in [-0.1, -0.05) is 0 Å². The van der Waals surface area contributed by atoms with Crippen LogP contribution in [0.1, 0.15) is 12.8 Å². The van der Waals surface area contributed by atoms with Crippen molar-refractivity contribution in [1.29, 1.82) is 0 Å². The third-order valence-corrected chi connectivity index (χ3v) is 2.46. The molecule has 1 aromatic rings. The molecule has 0 saturated heterocycles. The first-order valence-electron chi connectivity index (χ1n) is 4.47. The topological polar surface area (TPSA) is 75.1 Å². The minimum atomic E-state index is -0.735. The molecule has 0 aromatic carbocycles. The molecule has 0 radical (unpaired) electrons. The fourth-order valence-electron chi connectivity index (χ4n) is 1.26. The van der Waals surface area contributed by atoms with Crippen LogP contribution in [0.3, 0.4) is 0 Å². The van der Waals surface area contributed by atoms with Crippen LogP contribution < -0.4 is 5.32 Å². The lowest BCUT2D eigenvalue weighted by molar-refractivity contribution is -0.142. The third kappa shape index (κ3) is 1.66. The monoisotopic (exact) mass is 193 g/mol. The van der Waals surface area contributed by atoms with Gasteiger partial charge in [-0.05, 0) is 18.9 Å². The summed E-state index contributed by atoms with van der Waals surface area (Å²) in [5.74, 6) is -0.249. The van der Waals surface area contributed by atoms with Crippen LogP contribution in [0.4, 0.5) is 5.95 Å². The van der Waals surface area contributed by atoms with Crippen LogP contribution in [-0.4, -0.2) is 27.6 Å². The van der Waals surface area contributed by atoms with Crippen LogP contribution in [0, 0.1) is 5.41 Å². The highest BCUT2D eigenvalue weighted by atomic mass is 16.4. The van der Waals surface area contributed by atoms with Crippen LogP contribution in [0.15, 0.2) is 18.5 Å². The lowest BCUT2D eigenvalue weighted by Gasteiger charge is -2.10. The fraction of sp³-hybridized carbons (Fsp3) is 0.444. The number of carboxylic acid groups (broad SMARTS) is 1. The summed E-state index contributed by atoms with van der Waals surface area (Å²) in [4.78, 5) is 18.7. The van der Waals surface area contributed by atoms with Crippen molar-refractivity contribution in [3.05, 3.63) is 18.5 Å². The maximum absolute atomic E-state index is 10.8. The number of nitrogens with one attached hydrogen (secondary N) is 1. The molecular weight excluding hydrogens is 182 g/mol. The van der Waals surface area contributed by atoms with Gasteiger partial charge in [0.1, 0.15) is 0 Å². The standard InChI is InChI=1S/C9H11N3O2/c13-7(14)9(2-3-9)6-12-8-10-4-1-5-11-8/h1,4-5H,2-3,6H2,(H,13,14)(H,10,11,12). The van der Waals surface area contributed by atoms with Crippen LogP contribution in [0.5, 0.6) is 0 Å². The lowest BCUT2D eigenvalue weighted by atomic mass is 10.1. The molecule has 1 aliphatic carbocycles. The molecule has 1 fully saturated rings. The van der Waals surface area contributed by atoms with Crippen molar-refractivity contribution in [3.63, 3.8) is 0 Å². The Morgan fingerprint density at radius 2 is 2.14 bits per heavy atom. The van der Waals surface area contributed by atoms with Crippen molar-refractivity contribution in [1.82, 2.24) is 9.97 Å². The molecule has 1 heterocycles. The van der Waals surface area contributed by atoms with Gasteiger partial charge in [-0.3, -0.25) is 4.79 Å². The minimum absolute atomic E-state index is 0.409. The van der Waals surface area contributed by atoms with E-state index in [2.05, 4.69) is 15.3 Å². The quantitative estimate of drug-likeness (QED) is 0.738. The number of aromatic nitrogens is 2. The number of aliphatic carboxylic acids is 1. The molecule has 0 bridgehead atoms. The summed E-state index contributed by atoms with van der Waals surface area (Å²) < 4.78 is 0. The highest BCUT2D eigenvalue weighted by molar-refractivity contribution is 5.78. The zero-order valence-electron chi connectivity index (χ0n) is 7.60. The van der Waals surface area contributed by atoms with Crippen molar-refractivity contribution in [2.45, 2.75) is 12.8 Å². The van der Waals surface area contributed by atoms with E-state index < -0.39 is 11.4 Å². The normalized spacial score (nSPS) is 17.4. The lowest BCUT2D eigenvalue weighted by Crippen LogP contribution is -2.24. The molecule has 0 unspecified atom stereocenters. The summed E-state index contributed by atoms with van der Waals surface area (Å²) >= 11 is 0. The molecule has 2 N–H and O–H groups in total. The maximum atomic E-state index is 10.8. The number of anilines is 1. The van der Waals surface area contributed by atoms with E-state index in [1.54, 1.807) is 18.5 Å². The molecule has 0 aliphatic heterocycles. The van der Waals surface area contributed by atoms with E-state index in [9.17, 15) is 4.79 Å². The first-order chi connectivity index (χ1) is 6.73. The van der Waals surface area contributed by atoms with Gasteiger partial charge in [0.2, 0.25) is 5.95 Å². The van der Waals surface area contributed by atoms with Gasteiger partial charge in [0.15, 0.2) is 0 Å². The van der Waals surface area contributed by atoms with Gasteiger partial charge >= 0.3 is 5.97 Å². The Labute approximate surface area is 81.2 Å². The number of rotatable bonds is 4. The molecule has 1 aromatic heterocycles. The van der Waals surface area contributed by atoms with Gasteiger partial charge < -0.3 is 10.4 Å². The Balaban J connectivity index is 1.92. The molecule has 0 spiro atoms. The molecule has 1 aliphatic rings. The smallest absolute Gasteiger partial charge is 0.311 e. The van der Waals surface area contributed by atoms with Crippen LogP contribution in [0.25, 0.3) is 0 Å². The number of nitrogens with zero attached hydrogens (tertiary/aromatic N) is 2. The summed E-state index contributed by atoms with van der Waals surface area (Å²) in [6, 6.07) is 1.72. The molecule has 0 amide bonds. The third-order valence-electron chi connectivity index (χ3n) is 2.46. The van der Waals surface area contributed by atoms with Crippen molar-refractivity contribution in [3.8, 4) is 0 Å². The number of hydrogen-bond acceptors (Lipinski definition) is 4. The number of carboxylic acids is 1. The van der Waals surface area contributed by atoms with Crippen molar-refractivity contribution >= 4 is 11.9 Å². The Kier molecular flexibility index (Phi) is 2.07. The molecule has 74 valence electrons. The predicted molar refractivity (Wildman–Crippen MR) is 49.8 cm³/mol. The van der Waals surface area contributed by atoms with Crippen molar-refractivity contribution < 1.29 is 9.90 Å². The van der Waals surface area contributed by atoms with Gasteiger partial charge in [0, 0.05) is 18.9 Å². The second kappa shape index (κ2) is 3.25. The number of hydrogen-bond donors (Lipinski definition) is 2. The second-order valence-electron chi connectivity index (χ2n) is 3.51. The van der Waals surface area contributed by atoms with Gasteiger partial charge in [-0.25, -0.2) is 9.97 Å². The minimum Gasteiger partial charge on any atom is -0.481 e. The van der Waals surface area contributed by atoms with E-state index in [-0.39, 0.29) is 0 Å². The zero-order chi connectivity index (χ0) is 10.0. The van der Waals surface area contributed by atoms with E-state index >= 15 is 0 Å². The maximum Gasteiger partial charge on any atom is 0.311 e. The Morgan fingerprint density at radius 3 is 2.64 bits per heavy atom. The molecule has 14 heavy (non-hydrogen) atoms. The summed E-state index contributed by atoms with van der Waals surface area (Å²) in [5.41, 5.74) is -0.570. The van der Waals surface area contributed by atoms with Gasteiger partial charge in [0.05, 0.1) is 5.41 Å². The largest absolute Gasteiger partial charge is 0.481 e. The van der Waals surface area contributed by atoms with Crippen molar-refractivity contribution in [2.24, 2.45) is 5.41 Å². The van der Waals surface area contributed by atoms with Gasteiger partial charge in [0.25, 0.3) is 0 Å². The first kappa shape index (κ1) is 8.93. The second-order valence-corrected chi connectivity index (χ2v) is 3.51. The van der Waals surface area contributed by atoms with Gasteiger partial charge in [-0.15, -0.1) is 0 Å². The molecule has 5 heteroatoms. The van der Waals surface area contributed by atoms with Crippen LogP contribution in [0.2, 0.25) is 0 Å². The SMILES string of the molecule is O=C(O)C1(CNc2ncccn2)CC1. The summed E-state index contributed by atoms with van der Waals surface area (Å²) in [7, 11) is 0. The predicted octanol–water partition coefficient (Wildman–Crippen LogP) is 0.753. The van der Waals surface area contributed by atoms with Crippen molar-refractivity contribution in [2.75, 3.05) is 11.9 Å². The summed E-state index contributed by atoms with van der Waals surface area (Å²) in [6.45, 7) is 0.409. The average Bonchev–Trinajstić information content (AvgIpc) is 2.97. The van der Waals surface area contributed by atoms with E-state index in [1.807, 2.05) is 0 Å². The Bertz CT molecular complexity index is 335. The van der Waals surface area contributed by atoms with E-state index in [0.717, 1.165) is 12.8 Å². The highest BCUT2D eigenvalue weighted by Crippen LogP contribution is 2.45. The van der Waals surface area contributed by atoms with Crippen LogP contribution >= 0.6 is 0 Å². The number of carbonyl (C=O) groups is 1. The fourth-order valence-corrected chi connectivity index (χ4v) is 1.26. The van der Waals surface area contributed by atoms with E-state index in [1.165, 1.54) is 0 Å². The van der Waals surface area contributed by atoms with Crippen LogP contribution in [-0.2, 0) is 4.79 Å². The van der Waals surface area contributed by atoms with E-state index in [4.69, 9.17) is 5.11 Å². The molecule has 0 atom stereocenters. The summed E-state index contributed by atoms with van der Waals surface area (Å²) in [5, 5.41) is 11.8. The Morgan fingerprint density at radius 1 is 1.50 bits per heavy atom. The average molecular weight is 193 g/mol. The van der Waals surface area contributed by atoms with Gasteiger partial charge in [-0.2, -0.15) is 0 Å². The first-order valence-corrected chi connectivity index (χ1v) is 4.47. The summed E-state index contributed by atoms with van der Waals surface area (Å²) in [6.07, 6.45) is 4.72.